The molecule has 0 N–H and O–H groups in total. The van der Waals surface area contributed by atoms with Gasteiger partial charge in [0, 0.05) is 12.7 Å². The topological polar surface area (TPSA) is 35.5 Å². The van der Waals surface area contributed by atoms with Crippen LogP contribution in [0.15, 0.2) is 42.5 Å². The molecule has 5 heteroatoms. The quantitative estimate of drug-likeness (QED) is 0.602. The standard InChI is InChI=1S/C16H14ClFO3/c1-20-8-9-21-15-5-3-2-4-12(15)16(19)11-6-7-14(18)13(17)10-11/h2-7,10H,8-9H2,1H3. The van der Waals surface area contributed by atoms with Crippen LogP contribution in [-0.4, -0.2) is 26.1 Å². The van der Waals surface area contributed by atoms with Crippen LogP contribution in [0.2, 0.25) is 5.02 Å². The highest BCUT2D eigenvalue weighted by atomic mass is 35.5. The zero-order chi connectivity index (χ0) is 15.2. The number of benzene rings is 2. The molecule has 0 unspecified atom stereocenters. The number of carbonyl (C=O) groups excluding carboxylic acids is 1. The fraction of sp³-hybridized carbons (Fsp3) is 0.188. The van der Waals surface area contributed by atoms with Crippen molar-refractivity contribution in [3.05, 3.63) is 64.4 Å². The second kappa shape index (κ2) is 7.20. The molecule has 2 rings (SSSR count). The average molecular weight is 309 g/mol. The van der Waals surface area contributed by atoms with Crippen molar-refractivity contribution < 1.29 is 18.7 Å². The van der Waals surface area contributed by atoms with Gasteiger partial charge in [0.15, 0.2) is 5.78 Å². The molecule has 0 aliphatic heterocycles. The third-order valence-electron chi connectivity index (χ3n) is 2.86. The molecule has 0 aliphatic rings. The molecule has 0 heterocycles. The number of ether oxygens (including phenoxy) is 2. The van der Waals surface area contributed by atoms with Gasteiger partial charge in [0.2, 0.25) is 0 Å². The summed E-state index contributed by atoms with van der Waals surface area (Å²) in [5.74, 6) is -0.372. The van der Waals surface area contributed by atoms with Gasteiger partial charge in [-0.2, -0.15) is 0 Å². The van der Waals surface area contributed by atoms with Crippen LogP contribution in [0.25, 0.3) is 0 Å². The average Bonchev–Trinajstić information content (AvgIpc) is 2.50. The Labute approximate surface area is 127 Å². The summed E-state index contributed by atoms with van der Waals surface area (Å²) >= 11 is 5.71. The fourth-order valence-electron chi connectivity index (χ4n) is 1.81. The van der Waals surface area contributed by atoms with Crippen molar-refractivity contribution >= 4 is 17.4 Å². The van der Waals surface area contributed by atoms with Crippen molar-refractivity contribution in [2.24, 2.45) is 0 Å². The molecule has 0 atom stereocenters. The van der Waals surface area contributed by atoms with Crippen molar-refractivity contribution in [1.29, 1.82) is 0 Å². The lowest BCUT2D eigenvalue weighted by molar-refractivity contribution is 0.103. The molecule has 0 saturated carbocycles. The molecule has 2 aromatic carbocycles. The van der Waals surface area contributed by atoms with Crippen molar-refractivity contribution in [3.8, 4) is 5.75 Å². The molecule has 0 aromatic heterocycles. The minimum absolute atomic E-state index is 0.0846. The zero-order valence-corrected chi connectivity index (χ0v) is 12.2. The lowest BCUT2D eigenvalue weighted by atomic mass is 10.0. The summed E-state index contributed by atoms with van der Waals surface area (Å²) < 4.78 is 23.6. The summed E-state index contributed by atoms with van der Waals surface area (Å²) in [5, 5.41) is -0.0846. The van der Waals surface area contributed by atoms with E-state index in [4.69, 9.17) is 21.1 Å². The van der Waals surface area contributed by atoms with E-state index in [1.165, 1.54) is 18.2 Å². The Morgan fingerprint density at radius 3 is 2.67 bits per heavy atom. The first-order valence-corrected chi connectivity index (χ1v) is 6.72. The van der Waals surface area contributed by atoms with Crippen LogP contribution in [0, 0.1) is 5.82 Å². The Hall–Kier alpha value is -1.91. The van der Waals surface area contributed by atoms with E-state index >= 15 is 0 Å². The monoisotopic (exact) mass is 308 g/mol. The number of carbonyl (C=O) groups is 1. The first-order chi connectivity index (χ1) is 10.1. The van der Waals surface area contributed by atoms with Gasteiger partial charge < -0.3 is 9.47 Å². The maximum absolute atomic E-state index is 13.2. The van der Waals surface area contributed by atoms with Crippen LogP contribution in [-0.2, 0) is 4.74 Å². The van der Waals surface area contributed by atoms with Crippen LogP contribution in [0.1, 0.15) is 15.9 Å². The molecule has 110 valence electrons. The van der Waals surface area contributed by atoms with Gasteiger partial charge in [0.1, 0.15) is 18.2 Å². The molecular formula is C16H14ClFO3. The minimum atomic E-state index is -0.558. The molecule has 0 amide bonds. The summed E-state index contributed by atoms with van der Waals surface area (Å²) in [6.07, 6.45) is 0. The van der Waals surface area contributed by atoms with Gasteiger partial charge in [-0.25, -0.2) is 4.39 Å². The molecule has 21 heavy (non-hydrogen) atoms. The number of methoxy groups -OCH3 is 1. The first kappa shape index (κ1) is 15.5. The fourth-order valence-corrected chi connectivity index (χ4v) is 1.99. The van der Waals surface area contributed by atoms with Crippen molar-refractivity contribution in [2.75, 3.05) is 20.3 Å². The van der Waals surface area contributed by atoms with Gasteiger partial charge in [-0.15, -0.1) is 0 Å². The van der Waals surface area contributed by atoms with Gasteiger partial charge in [0.05, 0.1) is 17.2 Å². The summed E-state index contributed by atoms with van der Waals surface area (Å²) in [6.45, 7) is 0.760. The summed E-state index contributed by atoms with van der Waals surface area (Å²) in [6, 6.07) is 10.7. The number of rotatable bonds is 6. The SMILES string of the molecule is COCCOc1ccccc1C(=O)c1ccc(F)c(Cl)c1. The lowest BCUT2D eigenvalue weighted by Crippen LogP contribution is -2.09. The van der Waals surface area contributed by atoms with Gasteiger partial charge >= 0.3 is 0 Å². The maximum Gasteiger partial charge on any atom is 0.196 e. The van der Waals surface area contributed by atoms with E-state index < -0.39 is 5.82 Å². The third-order valence-corrected chi connectivity index (χ3v) is 3.15. The molecule has 0 spiro atoms. The molecule has 0 bridgehead atoms. The smallest absolute Gasteiger partial charge is 0.196 e. The number of halogens is 2. The predicted octanol–water partition coefficient (Wildman–Crippen LogP) is 3.74. The van der Waals surface area contributed by atoms with E-state index in [9.17, 15) is 9.18 Å². The maximum atomic E-state index is 13.2. The normalized spacial score (nSPS) is 10.4. The van der Waals surface area contributed by atoms with E-state index in [1.54, 1.807) is 31.4 Å². The molecular weight excluding hydrogens is 295 g/mol. The van der Waals surface area contributed by atoms with Crippen molar-refractivity contribution in [3.63, 3.8) is 0 Å². The highest BCUT2D eigenvalue weighted by Crippen LogP contribution is 2.24. The van der Waals surface area contributed by atoms with Crippen LogP contribution in [0.3, 0.4) is 0 Å². The lowest BCUT2D eigenvalue weighted by Gasteiger charge is -2.10. The highest BCUT2D eigenvalue weighted by Gasteiger charge is 2.15. The van der Waals surface area contributed by atoms with Gasteiger partial charge in [0.25, 0.3) is 0 Å². The Bertz CT molecular complexity index is 643. The Kier molecular flexibility index (Phi) is 5.31. The van der Waals surface area contributed by atoms with E-state index in [-0.39, 0.29) is 10.8 Å². The number of hydrogen-bond acceptors (Lipinski definition) is 3. The van der Waals surface area contributed by atoms with Gasteiger partial charge in [-0.05, 0) is 30.3 Å². The Balaban J connectivity index is 2.27. The summed E-state index contributed by atoms with van der Waals surface area (Å²) in [4.78, 5) is 12.5. The van der Waals surface area contributed by atoms with Crippen LogP contribution in [0.5, 0.6) is 5.75 Å². The second-order valence-corrected chi connectivity index (χ2v) is 4.70. The third kappa shape index (κ3) is 3.80. The highest BCUT2D eigenvalue weighted by molar-refractivity contribution is 6.31. The molecule has 3 nitrogen and oxygen atoms in total. The molecule has 0 fully saturated rings. The van der Waals surface area contributed by atoms with Crippen LogP contribution < -0.4 is 4.74 Å². The van der Waals surface area contributed by atoms with Crippen LogP contribution in [0.4, 0.5) is 4.39 Å². The Morgan fingerprint density at radius 2 is 1.95 bits per heavy atom. The van der Waals surface area contributed by atoms with Gasteiger partial charge in [-0.3, -0.25) is 4.79 Å². The molecule has 0 aliphatic carbocycles. The number of ketones is 1. The van der Waals surface area contributed by atoms with Crippen molar-refractivity contribution in [2.45, 2.75) is 0 Å². The van der Waals surface area contributed by atoms with Crippen LogP contribution >= 0.6 is 11.6 Å². The zero-order valence-electron chi connectivity index (χ0n) is 11.4. The van der Waals surface area contributed by atoms with E-state index in [0.29, 0.717) is 30.1 Å². The Morgan fingerprint density at radius 1 is 1.19 bits per heavy atom. The minimum Gasteiger partial charge on any atom is -0.490 e. The molecule has 0 radical (unpaired) electrons. The predicted molar refractivity (Wildman–Crippen MR) is 78.7 cm³/mol. The van der Waals surface area contributed by atoms with Gasteiger partial charge in [-0.1, -0.05) is 23.7 Å². The summed E-state index contributed by atoms with van der Waals surface area (Å²) in [5.41, 5.74) is 0.709. The first-order valence-electron chi connectivity index (χ1n) is 6.34. The second-order valence-electron chi connectivity index (χ2n) is 4.30. The number of para-hydroxylation sites is 1. The van der Waals surface area contributed by atoms with E-state index in [0.717, 1.165) is 0 Å². The summed E-state index contributed by atoms with van der Waals surface area (Å²) in [7, 11) is 1.57. The van der Waals surface area contributed by atoms with Crippen molar-refractivity contribution in [1.82, 2.24) is 0 Å². The largest absolute Gasteiger partial charge is 0.490 e. The number of hydrogen-bond donors (Lipinski definition) is 0. The van der Waals surface area contributed by atoms with E-state index in [2.05, 4.69) is 0 Å². The molecule has 0 saturated heterocycles. The molecule has 2 aromatic rings. The van der Waals surface area contributed by atoms with E-state index in [1.807, 2.05) is 0 Å².